The van der Waals surface area contributed by atoms with Crippen LogP contribution in [0.15, 0.2) is 36.5 Å². The van der Waals surface area contributed by atoms with Gasteiger partial charge in [-0.2, -0.15) is 0 Å². The van der Waals surface area contributed by atoms with Gasteiger partial charge in [0.25, 0.3) is 0 Å². The zero-order valence-corrected chi connectivity index (χ0v) is 11.0. The van der Waals surface area contributed by atoms with Crippen molar-refractivity contribution in [1.82, 2.24) is 5.43 Å². The third-order valence-corrected chi connectivity index (χ3v) is 3.18. The number of ether oxygens (including phenoxy) is 1. The number of carbonyl (C=O) groups excluding carboxylic acids is 1. The molecule has 1 amide bonds. The number of hydrogen-bond donors (Lipinski definition) is 1. The lowest BCUT2D eigenvalue weighted by atomic mass is 9.90. The molecule has 1 saturated heterocycles. The summed E-state index contributed by atoms with van der Waals surface area (Å²) in [4.78, 5) is 11.8. The predicted molar refractivity (Wildman–Crippen MR) is 71.2 cm³/mol. The van der Waals surface area contributed by atoms with E-state index in [9.17, 15) is 4.79 Å². The van der Waals surface area contributed by atoms with E-state index in [2.05, 4.69) is 12.0 Å². The third kappa shape index (κ3) is 1.94. The summed E-state index contributed by atoms with van der Waals surface area (Å²) >= 11 is 0. The molecule has 1 N–H and O–H groups in total. The SMILES string of the molecule is C=C1N(c2ccc(OCC)cc2)NC(=O)C1(C)C. The average Bonchev–Trinajstić information content (AvgIpc) is 2.55. The second kappa shape index (κ2) is 4.37. The Bertz CT molecular complexity index is 477. The summed E-state index contributed by atoms with van der Waals surface area (Å²) in [7, 11) is 0. The molecule has 1 heterocycles. The molecule has 1 aromatic carbocycles. The highest BCUT2D eigenvalue weighted by molar-refractivity contribution is 5.92. The lowest BCUT2D eigenvalue weighted by Gasteiger charge is -2.21. The minimum atomic E-state index is -0.571. The first kappa shape index (κ1) is 12.5. The molecular weight excluding hydrogens is 228 g/mol. The smallest absolute Gasteiger partial charge is 0.250 e. The van der Waals surface area contributed by atoms with Crippen LogP contribution in [0.2, 0.25) is 0 Å². The summed E-state index contributed by atoms with van der Waals surface area (Å²) in [5, 5.41) is 1.72. The normalized spacial score (nSPS) is 17.8. The van der Waals surface area contributed by atoms with Gasteiger partial charge in [-0.25, -0.2) is 0 Å². The van der Waals surface area contributed by atoms with Crippen LogP contribution in [0.1, 0.15) is 20.8 Å². The molecule has 1 fully saturated rings. The molecule has 1 aromatic rings. The zero-order chi connectivity index (χ0) is 13.3. The summed E-state index contributed by atoms with van der Waals surface area (Å²) in [6.45, 7) is 10.3. The summed E-state index contributed by atoms with van der Waals surface area (Å²) in [6.07, 6.45) is 0. The molecule has 96 valence electrons. The molecule has 0 aromatic heterocycles. The van der Waals surface area contributed by atoms with Crippen molar-refractivity contribution in [3.05, 3.63) is 36.5 Å². The molecule has 0 unspecified atom stereocenters. The maximum absolute atomic E-state index is 11.8. The van der Waals surface area contributed by atoms with Crippen molar-refractivity contribution in [1.29, 1.82) is 0 Å². The van der Waals surface area contributed by atoms with Crippen LogP contribution >= 0.6 is 0 Å². The Morgan fingerprint density at radius 1 is 1.33 bits per heavy atom. The van der Waals surface area contributed by atoms with E-state index in [1.807, 2.05) is 45.0 Å². The van der Waals surface area contributed by atoms with Crippen LogP contribution in [0.3, 0.4) is 0 Å². The van der Waals surface area contributed by atoms with Gasteiger partial charge in [-0.3, -0.25) is 15.2 Å². The van der Waals surface area contributed by atoms with Crippen LogP contribution < -0.4 is 15.2 Å². The number of hydrazine groups is 1. The topological polar surface area (TPSA) is 41.6 Å². The number of rotatable bonds is 3. The van der Waals surface area contributed by atoms with Gasteiger partial charge in [-0.05, 0) is 45.0 Å². The Balaban J connectivity index is 2.23. The first-order valence-electron chi connectivity index (χ1n) is 6.00. The van der Waals surface area contributed by atoms with Crippen molar-refractivity contribution in [3.63, 3.8) is 0 Å². The first-order chi connectivity index (χ1) is 8.46. The number of anilines is 1. The van der Waals surface area contributed by atoms with Gasteiger partial charge in [0.2, 0.25) is 5.91 Å². The van der Waals surface area contributed by atoms with Gasteiger partial charge in [0, 0.05) is 5.70 Å². The van der Waals surface area contributed by atoms with Crippen molar-refractivity contribution < 1.29 is 9.53 Å². The molecule has 4 nitrogen and oxygen atoms in total. The van der Waals surface area contributed by atoms with E-state index in [1.54, 1.807) is 5.01 Å². The Morgan fingerprint density at radius 2 is 1.94 bits per heavy atom. The molecule has 0 radical (unpaired) electrons. The predicted octanol–water partition coefficient (Wildman–Crippen LogP) is 2.48. The molecule has 0 atom stereocenters. The van der Waals surface area contributed by atoms with Gasteiger partial charge >= 0.3 is 0 Å². The highest BCUT2D eigenvalue weighted by atomic mass is 16.5. The van der Waals surface area contributed by atoms with Crippen LogP contribution in [0.4, 0.5) is 5.69 Å². The molecule has 4 heteroatoms. The molecule has 18 heavy (non-hydrogen) atoms. The first-order valence-corrected chi connectivity index (χ1v) is 6.00. The van der Waals surface area contributed by atoms with Crippen LogP contribution in [-0.4, -0.2) is 12.5 Å². The van der Waals surface area contributed by atoms with Gasteiger partial charge in [-0.15, -0.1) is 0 Å². The van der Waals surface area contributed by atoms with E-state index in [-0.39, 0.29) is 5.91 Å². The summed E-state index contributed by atoms with van der Waals surface area (Å²) in [5.41, 5.74) is 3.87. The highest BCUT2D eigenvalue weighted by Crippen LogP contribution is 2.36. The second-order valence-corrected chi connectivity index (χ2v) is 4.77. The molecule has 0 bridgehead atoms. The van der Waals surface area contributed by atoms with Crippen LogP contribution in [0, 0.1) is 5.41 Å². The van der Waals surface area contributed by atoms with E-state index in [4.69, 9.17) is 4.74 Å². The molecule has 0 spiro atoms. The fraction of sp³-hybridized carbons (Fsp3) is 0.357. The maximum Gasteiger partial charge on any atom is 0.250 e. The third-order valence-electron chi connectivity index (χ3n) is 3.18. The van der Waals surface area contributed by atoms with Crippen molar-refractivity contribution >= 4 is 11.6 Å². The lowest BCUT2D eigenvalue weighted by molar-refractivity contribution is -0.125. The standard InChI is InChI=1S/C14H18N2O2/c1-5-18-12-8-6-11(7-9-12)16-10(2)14(3,4)13(17)15-16/h6-9H,2,5H2,1,3-4H3,(H,15,17). The largest absolute Gasteiger partial charge is 0.494 e. The quantitative estimate of drug-likeness (QED) is 0.890. The molecule has 0 saturated carbocycles. The molecule has 1 aliphatic rings. The van der Waals surface area contributed by atoms with Crippen molar-refractivity contribution in [2.45, 2.75) is 20.8 Å². The van der Waals surface area contributed by atoms with E-state index in [0.29, 0.717) is 6.61 Å². The van der Waals surface area contributed by atoms with Gasteiger partial charge in [0.15, 0.2) is 0 Å². The van der Waals surface area contributed by atoms with E-state index in [0.717, 1.165) is 17.1 Å². The van der Waals surface area contributed by atoms with Crippen LogP contribution in [0.25, 0.3) is 0 Å². The Labute approximate surface area is 107 Å². The van der Waals surface area contributed by atoms with Gasteiger partial charge in [-0.1, -0.05) is 6.58 Å². The molecule has 0 aliphatic carbocycles. The monoisotopic (exact) mass is 246 g/mol. The van der Waals surface area contributed by atoms with Gasteiger partial charge in [0.1, 0.15) is 5.75 Å². The Morgan fingerprint density at radius 3 is 2.39 bits per heavy atom. The summed E-state index contributed by atoms with van der Waals surface area (Å²) in [5.74, 6) is 0.776. The summed E-state index contributed by atoms with van der Waals surface area (Å²) < 4.78 is 5.38. The number of nitrogens with one attached hydrogen (secondary N) is 1. The molecular formula is C14H18N2O2. The number of nitrogens with zero attached hydrogens (tertiary/aromatic N) is 1. The Kier molecular flexibility index (Phi) is 3.03. The van der Waals surface area contributed by atoms with Crippen molar-refractivity contribution in [2.75, 3.05) is 11.6 Å². The van der Waals surface area contributed by atoms with E-state index < -0.39 is 5.41 Å². The van der Waals surface area contributed by atoms with Gasteiger partial charge in [0.05, 0.1) is 17.7 Å². The summed E-state index contributed by atoms with van der Waals surface area (Å²) in [6, 6.07) is 7.56. The maximum atomic E-state index is 11.8. The van der Waals surface area contributed by atoms with Crippen molar-refractivity contribution in [3.8, 4) is 5.75 Å². The minimum absolute atomic E-state index is 0.0404. The highest BCUT2D eigenvalue weighted by Gasteiger charge is 2.42. The number of benzene rings is 1. The van der Waals surface area contributed by atoms with Crippen LogP contribution in [-0.2, 0) is 4.79 Å². The van der Waals surface area contributed by atoms with Gasteiger partial charge < -0.3 is 4.74 Å². The fourth-order valence-electron chi connectivity index (χ4n) is 1.80. The Hall–Kier alpha value is -1.97. The molecule has 2 rings (SSSR count). The average molecular weight is 246 g/mol. The fourth-order valence-corrected chi connectivity index (χ4v) is 1.80. The zero-order valence-electron chi connectivity index (χ0n) is 11.0. The van der Waals surface area contributed by atoms with Crippen molar-refractivity contribution in [2.24, 2.45) is 5.41 Å². The number of hydrogen-bond acceptors (Lipinski definition) is 3. The van der Waals surface area contributed by atoms with E-state index >= 15 is 0 Å². The molecule has 1 aliphatic heterocycles. The number of amides is 1. The lowest BCUT2D eigenvalue weighted by Crippen LogP contribution is -2.32. The minimum Gasteiger partial charge on any atom is -0.494 e. The second-order valence-electron chi connectivity index (χ2n) is 4.77. The van der Waals surface area contributed by atoms with Crippen LogP contribution in [0.5, 0.6) is 5.75 Å². The number of carbonyl (C=O) groups is 1. The van der Waals surface area contributed by atoms with E-state index in [1.165, 1.54) is 0 Å².